The number of nitrogens with two attached hydrogens (primary N) is 1. The molecular formula is C13H17FN2O2S2. The maximum atomic E-state index is 13.6. The van der Waals surface area contributed by atoms with E-state index < -0.39 is 15.8 Å². The van der Waals surface area contributed by atoms with E-state index in [4.69, 9.17) is 18.0 Å². The number of benzene rings is 1. The molecule has 0 aliphatic heterocycles. The van der Waals surface area contributed by atoms with E-state index in [1.54, 1.807) is 0 Å². The van der Waals surface area contributed by atoms with Gasteiger partial charge in [-0.15, -0.1) is 0 Å². The predicted octanol–water partition coefficient (Wildman–Crippen LogP) is 2.02. The Morgan fingerprint density at radius 3 is 2.65 bits per heavy atom. The van der Waals surface area contributed by atoms with Gasteiger partial charge < -0.3 is 5.73 Å². The van der Waals surface area contributed by atoms with Gasteiger partial charge in [-0.3, -0.25) is 0 Å². The van der Waals surface area contributed by atoms with Crippen LogP contribution < -0.4 is 5.73 Å². The summed E-state index contributed by atoms with van der Waals surface area (Å²) in [5, 5.41) is 0. The summed E-state index contributed by atoms with van der Waals surface area (Å²) in [4.78, 5) is -0.102. The van der Waals surface area contributed by atoms with Crippen LogP contribution in [-0.2, 0) is 10.0 Å². The van der Waals surface area contributed by atoms with E-state index in [0.717, 1.165) is 25.3 Å². The Bertz CT molecular complexity index is 627. The zero-order chi connectivity index (χ0) is 14.9. The van der Waals surface area contributed by atoms with Crippen LogP contribution in [0.2, 0.25) is 0 Å². The zero-order valence-electron chi connectivity index (χ0n) is 11.2. The fraction of sp³-hybridized carbons (Fsp3) is 0.462. The van der Waals surface area contributed by atoms with E-state index in [-0.39, 0.29) is 21.5 Å². The lowest BCUT2D eigenvalue weighted by Crippen LogP contribution is -2.34. The highest BCUT2D eigenvalue weighted by Gasteiger charge is 2.37. The first-order valence-corrected chi connectivity index (χ1v) is 8.34. The minimum Gasteiger partial charge on any atom is -0.389 e. The van der Waals surface area contributed by atoms with Crippen molar-refractivity contribution in [2.75, 3.05) is 6.54 Å². The standard InChI is InChI=1S/C13H17FN2O2S2/c1-2-7-16(9-3-4-9)20(17,18)10-5-6-12(14)11(8-10)13(15)19/h5-6,8-9H,2-4,7H2,1H3,(H2,15,19). The Morgan fingerprint density at radius 2 is 2.15 bits per heavy atom. The molecular weight excluding hydrogens is 299 g/mol. The maximum absolute atomic E-state index is 13.6. The summed E-state index contributed by atoms with van der Waals surface area (Å²) in [6.07, 6.45) is 2.49. The molecule has 0 amide bonds. The third-order valence-corrected chi connectivity index (χ3v) is 5.38. The quantitative estimate of drug-likeness (QED) is 0.816. The Kier molecular flexibility index (Phi) is 4.41. The molecule has 0 aromatic heterocycles. The molecule has 0 radical (unpaired) electrons. The van der Waals surface area contributed by atoms with Gasteiger partial charge in [-0.05, 0) is 37.5 Å². The monoisotopic (exact) mass is 316 g/mol. The summed E-state index contributed by atoms with van der Waals surface area (Å²) in [6.45, 7) is 2.39. The van der Waals surface area contributed by atoms with Gasteiger partial charge in [0.1, 0.15) is 10.8 Å². The van der Waals surface area contributed by atoms with Crippen molar-refractivity contribution in [3.8, 4) is 0 Å². The molecule has 0 bridgehead atoms. The van der Waals surface area contributed by atoms with E-state index in [1.807, 2.05) is 6.92 Å². The van der Waals surface area contributed by atoms with Crippen LogP contribution in [-0.4, -0.2) is 30.3 Å². The van der Waals surface area contributed by atoms with Crippen molar-refractivity contribution < 1.29 is 12.8 Å². The van der Waals surface area contributed by atoms with E-state index in [9.17, 15) is 12.8 Å². The van der Waals surface area contributed by atoms with Crippen molar-refractivity contribution in [3.63, 3.8) is 0 Å². The van der Waals surface area contributed by atoms with Gasteiger partial charge >= 0.3 is 0 Å². The average molecular weight is 316 g/mol. The third kappa shape index (κ3) is 2.99. The first-order chi connectivity index (χ1) is 9.37. The molecule has 20 heavy (non-hydrogen) atoms. The molecule has 1 saturated carbocycles. The Balaban J connectivity index is 2.42. The van der Waals surface area contributed by atoms with Gasteiger partial charge in [-0.25, -0.2) is 12.8 Å². The van der Waals surface area contributed by atoms with Gasteiger partial charge in [0.25, 0.3) is 0 Å². The summed E-state index contributed by atoms with van der Waals surface area (Å²) < 4.78 is 40.3. The molecule has 1 aliphatic carbocycles. The molecule has 110 valence electrons. The van der Waals surface area contributed by atoms with Crippen LogP contribution in [0.3, 0.4) is 0 Å². The van der Waals surface area contributed by atoms with Crippen molar-refractivity contribution in [2.24, 2.45) is 5.73 Å². The van der Waals surface area contributed by atoms with Gasteiger partial charge in [0.05, 0.1) is 4.90 Å². The lowest BCUT2D eigenvalue weighted by Gasteiger charge is -2.21. The predicted molar refractivity (Wildman–Crippen MR) is 79.5 cm³/mol. The molecule has 1 aromatic rings. The topological polar surface area (TPSA) is 63.4 Å². The Labute approximate surface area is 123 Å². The summed E-state index contributed by atoms with van der Waals surface area (Å²) >= 11 is 4.74. The van der Waals surface area contributed by atoms with E-state index in [1.165, 1.54) is 16.4 Å². The zero-order valence-corrected chi connectivity index (χ0v) is 12.8. The lowest BCUT2D eigenvalue weighted by atomic mass is 10.2. The Morgan fingerprint density at radius 1 is 1.50 bits per heavy atom. The van der Waals surface area contributed by atoms with E-state index >= 15 is 0 Å². The number of sulfonamides is 1. The van der Waals surface area contributed by atoms with Crippen molar-refractivity contribution in [1.29, 1.82) is 0 Å². The number of hydrogen-bond donors (Lipinski definition) is 1. The largest absolute Gasteiger partial charge is 0.389 e. The molecule has 0 heterocycles. The molecule has 0 unspecified atom stereocenters. The molecule has 1 aromatic carbocycles. The molecule has 4 nitrogen and oxygen atoms in total. The second-order valence-electron chi connectivity index (χ2n) is 4.85. The molecule has 1 fully saturated rings. The van der Waals surface area contributed by atoms with Crippen LogP contribution >= 0.6 is 12.2 Å². The van der Waals surface area contributed by atoms with E-state index in [0.29, 0.717) is 6.54 Å². The second-order valence-corrected chi connectivity index (χ2v) is 7.18. The summed E-state index contributed by atoms with van der Waals surface area (Å²) in [5.74, 6) is -0.607. The minimum absolute atomic E-state index is 0.0340. The van der Waals surface area contributed by atoms with Crippen LogP contribution in [0.4, 0.5) is 4.39 Å². The third-order valence-electron chi connectivity index (χ3n) is 3.21. The molecule has 2 rings (SSSR count). The van der Waals surface area contributed by atoms with Gasteiger partial charge in [0, 0.05) is 18.2 Å². The summed E-state index contributed by atoms with van der Waals surface area (Å²) in [7, 11) is -3.62. The van der Waals surface area contributed by atoms with Crippen molar-refractivity contribution >= 4 is 27.2 Å². The van der Waals surface area contributed by atoms with Crippen molar-refractivity contribution in [3.05, 3.63) is 29.6 Å². The number of nitrogens with zero attached hydrogens (tertiary/aromatic N) is 1. The van der Waals surface area contributed by atoms with Gasteiger partial charge in [0.15, 0.2) is 0 Å². The highest BCUT2D eigenvalue weighted by Crippen LogP contribution is 2.32. The highest BCUT2D eigenvalue weighted by molar-refractivity contribution is 7.89. The lowest BCUT2D eigenvalue weighted by molar-refractivity contribution is 0.403. The van der Waals surface area contributed by atoms with Gasteiger partial charge in [-0.2, -0.15) is 4.31 Å². The molecule has 7 heteroatoms. The fourth-order valence-corrected chi connectivity index (χ4v) is 4.03. The SMILES string of the molecule is CCCN(C1CC1)S(=O)(=O)c1ccc(F)c(C(N)=S)c1. The number of thiocarbonyl (C=S) groups is 1. The van der Waals surface area contributed by atoms with Crippen LogP contribution in [0.25, 0.3) is 0 Å². The van der Waals surface area contributed by atoms with Crippen LogP contribution in [0.5, 0.6) is 0 Å². The minimum atomic E-state index is -3.62. The smallest absolute Gasteiger partial charge is 0.243 e. The first-order valence-electron chi connectivity index (χ1n) is 6.49. The number of halogens is 1. The van der Waals surface area contributed by atoms with Gasteiger partial charge in [-0.1, -0.05) is 19.1 Å². The molecule has 0 atom stereocenters. The van der Waals surface area contributed by atoms with Crippen LogP contribution in [0, 0.1) is 5.82 Å². The molecule has 1 aliphatic rings. The first kappa shape index (κ1) is 15.3. The number of rotatable bonds is 6. The van der Waals surface area contributed by atoms with Crippen molar-refractivity contribution in [2.45, 2.75) is 37.1 Å². The second kappa shape index (κ2) is 5.75. The molecule has 0 spiro atoms. The Hall–Kier alpha value is -1.05. The normalized spacial score (nSPS) is 15.6. The van der Waals surface area contributed by atoms with E-state index in [2.05, 4.69) is 0 Å². The maximum Gasteiger partial charge on any atom is 0.243 e. The molecule has 2 N–H and O–H groups in total. The van der Waals surface area contributed by atoms with Gasteiger partial charge in [0.2, 0.25) is 10.0 Å². The molecule has 0 saturated heterocycles. The fourth-order valence-electron chi connectivity index (χ4n) is 2.07. The van der Waals surface area contributed by atoms with Crippen LogP contribution in [0.1, 0.15) is 31.7 Å². The average Bonchev–Trinajstić information content (AvgIpc) is 3.19. The van der Waals surface area contributed by atoms with Crippen molar-refractivity contribution in [1.82, 2.24) is 4.31 Å². The highest BCUT2D eigenvalue weighted by atomic mass is 32.2. The van der Waals surface area contributed by atoms with Crippen LogP contribution in [0.15, 0.2) is 23.1 Å². The summed E-state index contributed by atoms with van der Waals surface area (Å²) in [6, 6.07) is 3.65. The summed E-state index contributed by atoms with van der Waals surface area (Å²) in [5.41, 5.74) is 5.38. The number of hydrogen-bond acceptors (Lipinski definition) is 3.